The van der Waals surface area contributed by atoms with E-state index in [-0.39, 0.29) is 10.8 Å². The first-order valence-corrected chi connectivity index (χ1v) is 12.9. The number of thioether (sulfide) groups is 1. The van der Waals surface area contributed by atoms with Crippen LogP contribution in [-0.2, 0) is 16.0 Å². The molecular formula is C25H38N2O2S. The molecule has 2 aliphatic rings. The van der Waals surface area contributed by atoms with Crippen molar-refractivity contribution in [2.45, 2.75) is 82.4 Å². The van der Waals surface area contributed by atoms with Crippen LogP contribution in [0.3, 0.4) is 0 Å². The number of piperidine rings is 1. The van der Waals surface area contributed by atoms with Gasteiger partial charge >= 0.3 is 0 Å². The molecule has 0 saturated carbocycles. The summed E-state index contributed by atoms with van der Waals surface area (Å²) in [5.74, 6) is 1.60. The van der Waals surface area contributed by atoms with E-state index in [0.717, 1.165) is 51.1 Å². The first-order chi connectivity index (χ1) is 14.6. The lowest BCUT2D eigenvalue weighted by molar-refractivity contribution is -0.137. The van der Waals surface area contributed by atoms with Crippen molar-refractivity contribution >= 4 is 23.6 Å². The standard InChI is InChI=1S/C25H38N2O2S/c1-2-3-4-5-6-10-13-23(28)26-18-16-25(17-19-26)27(20-21-30-25)24(29)15-14-22-11-8-7-9-12-22/h7-9,11-12H,2-6,10,13-21H2,1H3. The second-order valence-corrected chi connectivity index (χ2v) is 10.2. The Labute approximate surface area is 186 Å². The molecule has 5 heteroatoms. The summed E-state index contributed by atoms with van der Waals surface area (Å²) in [6.07, 6.45) is 11.2. The molecule has 2 fully saturated rings. The molecular weight excluding hydrogens is 392 g/mol. The van der Waals surface area contributed by atoms with Gasteiger partial charge in [0.15, 0.2) is 0 Å². The average Bonchev–Trinajstić information content (AvgIpc) is 3.18. The summed E-state index contributed by atoms with van der Waals surface area (Å²) in [6, 6.07) is 10.3. The molecule has 30 heavy (non-hydrogen) atoms. The number of aryl methyl sites for hydroxylation is 1. The Morgan fingerprint density at radius 3 is 2.33 bits per heavy atom. The van der Waals surface area contributed by atoms with Gasteiger partial charge in [0.05, 0.1) is 4.87 Å². The van der Waals surface area contributed by atoms with Crippen LogP contribution in [0.15, 0.2) is 30.3 Å². The number of carbonyl (C=O) groups excluding carboxylic acids is 2. The van der Waals surface area contributed by atoms with E-state index in [4.69, 9.17) is 0 Å². The maximum atomic E-state index is 13.0. The van der Waals surface area contributed by atoms with Gasteiger partial charge in [-0.2, -0.15) is 0 Å². The van der Waals surface area contributed by atoms with Crippen LogP contribution >= 0.6 is 11.8 Å². The van der Waals surface area contributed by atoms with E-state index in [1.807, 2.05) is 34.9 Å². The van der Waals surface area contributed by atoms with Gasteiger partial charge < -0.3 is 9.80 Å². The lowest BCUT2D eigenvalue weighted by Crippen LogP contribution is -2.53. The third-order valence-electron chi connectivity index (χ3n) is 6.59. The van der Waals surface area contributed by atoms with E-state index in [2.05, 4.69) is 24.0 Å². The van der Waals surface area contributed by atoms with Crippen molar-refractivity contribution in [2.75, 3.05) is 25.4 Å². The number of likely N-dealkylation sites (tertiary alicyclic amines) is 1. The number of amides is 2. The summed E-state index contributed by atoms with van der Waals surface area (Å²) in [6.45, 7) is 4.67. The van der Waals surface area contributed by atoms with Crippen molar-refractivity contribution in [2.24, 2.45) is 0 Å². The van der Waals surface area contributed by atoms with Crippen molar-refractivity contribution < 1.29 is 9.59 Å². The minimum atomic E-state index is -0.0787. The largest absolute Gasteiger partial charge is 0.342 e. The molecule has 0 aromatic heterocycles. The molecule has 3 rings (SSSR count). The van der Waals surface area contributed by atoms with Gasteiger partial charge in [-0.3, -0.25) is 9.59 Å². The number of hydrogen-bond acceptors (Lipinski definition) is 3. The van der Waals surface area contributed by atoms with Gasteiger partial charge in [-0.15, -0.1) is 11.8 Å². The highest BCUT2D eigenvalue weighted by Gasteiger charge is 2.46. The van der Waals surface area contributed by atoms with E-state index in [1.165, 1.54) is 37.7 Å². The Morgan fingerprint density at radius 1 is 0.900 bits per heavy atom. The van der Waals surface area contributed by atoms with Crippen LogP contribution in [0.4, 0.5) is 0 Å². The van der Waals surface area contributed by atoms with E-state index in [1.54, 1.807) is 0 Å². The van der Waals surface area contributed by atoms with Crippen LogP contribution in [-0.4, -0.2) is 51.9 Å². The molecule has 1 aromatic rings. The predicted molar refractivity (Wildman–Crippen MR) is 125 cm³/mol. The SMILES string of the molecule is CCCCCCCCC(=O)N1CCC2(CC1)SCCN2C(=O)CCc1ccccc1. The maximum absolute atomic E-state index is 13.0. The molecule has 0 radical (unpaired) electrons. The summed E-state index contributed by atoms with van der Waals surface area (Å²) in [7, 11) is 0. The summed E-state index contributed by atoms with van der Waals surface area (Å²) in [5.41, 5.74) is 1.22. The van der Waals surface area contributed by atoms with Gasteiger partial charge in [0.1, 0.15) is 0 Å². The highest BCUT2D eigenvalue weighted by molar-refractivity contribution is 8.00. The number of carbonyl (C=O) groups is 2. The monoisotopic (exact) mass is 430 g/mol. The van der Waals surface area contributed by atoms with Crippen LogP contribution < -0.4 is 0 Å². The average molecular weight is 431 g/mol. The minimum absolute atomic E-state index is 0.0787. The summed E-state index contributed by atoms with van der Waals surface area (Å²) < 4.78 is 0. The molecule has 0 atom stereocenters. The topological polar surface area (TPSA) is 40.6 Å². The summed E-state index contributed by atoms with van der Waals surface area (Å²) in [5, 5.41) is 0. The van der Waals surface area contributed by atoms with Crippen LogP contribution in [0.2, 0.25) is 0 Å². The van der Waals surface area contributed by atoms with E-state index in [9.17, 15) is 9.59 Å². The quantitative estimate of drug-likeness (QED) is 0.475. The zero-order chi connectivity index (χ0) is 21.2. The molecule has 4 nitrogen and oxygen atoms in total. The normalized spacial score (nSPS) is 18.2. The highest BCUT2D eigenvalue weighted by atomic mass is 32.2. The smallest absolute Gasteiger partial charge is 0.224 e. The van der Waals surface area contributed by atoms with Crippen LogP contribution in [0, 0.1) is 0 Å². The van der Waals surface area contributed by atoms with Gasteiger partial charge in [0, 0.05) is 38.2 Å². The van der Waals surface area contributed by atoms with Crippen molar-refractivity contribution in [1.29, 1.82) is 0 Å². The van der Waals surface area contributed by atoms with Gasteiger partial charge in [-0.1, -0.05) is 69.4 Å². The molecule has 1 aromatic carbocycles. The number of rotatable bonds is 10. The fraction of sp³-hybridized carbons (Fsp3) is 0.680. The fourth-order valence-corrected chi connectivity index (χ4v) is 6.20. The Bertz CT molecular complexity index is 671. The molecule has 2 heterocycles. The van der Waals surface area contributed by atoms with Crippen LogP contribution in [0.25, 0.3) is 0 Å². The first-order valence-electron chi connectivity index (χ1n) is 11.9. The van der Waals surface area contributed by atoms with Crippen molar-refractivity contribution in [1.82, 2.24) is 9.80 Å². The minimum Gasteiger partial charge on any atom is -0.342 e. The third-order valence-corrected chi connectivity index (χ3v) is 8.14. The lowest BCUT2D eigenvalue weighted by Gasteiger charge is -2.44. The third kappa shape index (κ3) is 6.26. The van der Waals surface area contributed by atoms with Crippen molar-refractivity contribution in [3.05, 3.63) is 35.9 Å². The summed E-state index contributed by atoms with van der Waals surface area (Å²) in [4.78, 5) is 29.7. The number of hydrogen-bond donors (Lipinski definition) is 0. The number of unbranched alkanes of at least 4 members (excludes halogenated alkanes) is 5. The van der Waals surface area contributed by atoms with Crippen LogP contribution in [0.1, 0.15) is 76.7 Å². The molecule has 0 aliphatic carbocycles. The van der Waals surface area contributed by atoms with Gasteiger partial charge in [0.2, 0.25) is 11.8 Å². The first kappa shape index (κ1) is 23.2. The highest BCUT2D eigenvalue weighted by Crippen LogP contribution is 2.44. The number of benzene rings is 1. The van der Waals surface area contributed by atoms with Crippen LogP contribution in [0.5, 0.6) is 0 Å². The van der Waals surface area contributed by atoms with Gasteiger partial charge in [-0.05, 0) is 31.2 Å². The van der Waals surface area contributed by atoms with E-state index in [0.29, 0.717) is 18.7 Å². The second kappa shape index (κ2) is 11.8. The zero-order valence-electron chi connectivity index (χ0n) is 18.6. The number of nitrogens with zero attached hydrogens (tertiary/aromatic N) is 2. The molecule has 0 N–H and O–H groups in total. The molecule has 2 saturated heterocycles. The Balaban J connectivity index is 1.42. The maximum Gasteiger partial charge on any atom is 0.224 e. The fourth-order valence-electron chi connectivity index (χ4n) is 4.73. The van der Waals surface area contributed by atoms with Gasteiger partial charge in [-0.25, -0.2) is 0 Å². The Hall–Kier alpha value is -1.49. The molecule has 1 spiro atoms. The zero-order valence-corrected chi connectivity index (χ0v) is 19.4. The van der Waals surface area contributed by atoms with Crippen molar-refractivity contribution in [3.63, 3.8) is 0 Å². The summed E-state index contributed by atoms with van der Waals surface area (Å²) >= 11 is 1.93. The van der Waals surface area contributed by atoms with Crippen molar-refractivity contribution in [3.8, 4) is 0 Å². The molecule has 2 amide bonds. The Morgan fingerprint density at radius 2 is 1.60 bits per heavy atom. The Kier molecular flexibility index (Phi) is 9.10. The molecule has 0 bridgehead atoms. The molecule has 166 valence electrons. The van der Waals surface area contributed by atoms with Gasteiger partial charge in [0.25, 0.3) is 0 Å². The predicted octanol–water partition coefficient (Wildman–Crippen LogP) is 5.26. The molecule has 2 aliphatic heterocycles. The molecule has 0 unspecified atom stereocenters. The lowest BCUT2D eigenvalue weighted by atomic mass is 10.00. The second-order valence-electron chi connectivity index (χ2n) is 8.72. The van der Waals surface area contributed by atoms with E-state index < -0.39 is 0 Å². The van der Waals surface area contributed by atoms with E-state index >= 15 is 0 Å².